The lowest BCUT2D eigenvalue weighted by Crippen LogP contribution is -2.30. The Morgan fingerprint density at radius 3 is 2.53 bits per heavy atom. The van der Waals surface area contributed by atoms with Gasteiger partial charge in [-0.2, -0.15) is 0 Å². The van der Waals surface area contributed by atoms with Crippen LogP contribution in [-0.2, 0) is 6.42 Å². The minimum atomic E-state index is 0.201. The molecule has 0 aromatic heterocycles. The molecule has 1 unspecified atom stereocenters. The second-order valence-electron chi connectivity index (χ2n) is 8.48. The summed E-state index contributed by atoms with van der Waals surface area (Å²) in [6.45, 7) is 14.4. The lowest BCUT2D eigenvalue weighted by atomic mass is 9.89. The van der Waals surface area contributed by atoms with E-state index in [2.05, 4.69) is 80.4 Å². The molecule has 1 aliphatic heterocycles. The van der Waals surface area contributed by atoms with E-state index in [0.29, 0.717) is 5.92 Å². The first kappa shape index (κ1) is 22.6. The van der Waals surface area contributed by atoms with E-state index >= 15 is 0 Å². The molecule has 30 heavy (non-hydrogen) atoms. The molecule has 2 aromatic rings. The molecular formula is C26H38N2O2. The third-order valence-electron chi connectivity index (χ3n) is 5.89. The van der Waals surface area contributed by atoms with E-state index in [0.717, 1.165) is 63.7 Å². The zero-order valence-corrected chi connectivity index (χ0v) is 19.1. The Kier molecular flexibility index (Phi) is 8.59. The normalized spacial score (nSPS) is 16.0. The van der Waals surface area contributed by atoms with Crippen molar-refractivity contribution in [2.45, 2.75) is 46.6 Å². The molecule has 0 saturated carbocycles. The monoisotopic (exact) mass is 410 g/mol. The molecule has 0 amide bonds. The fraction of sp³-hybridized carbons (Fsp3) is 0.538. The Morgan fingerprint density at radius 2 is 1.77 bits per heavy atom. The highest BCUT2D eigenvalue weighted by Crippen LogP contribution is 2.32. The van der Waals surface area contributed by atoms with Gasteiger partial charge in [-0.05, 0) is 72.8 Å². The highest BCUT2D eigenvalue weighted by Gasteiger charge is 2.22. The standard InChI is InChI=1S/C26H38N2O2/c1-5-28(6-2)15-17-30-24-10-11-25-21(18-24)12-14-27-26(25)22-8-7-9-23(19-22)29-16-13-20(3)4/h7-11,18-20,26-27H,5-6,12-17H2,1-4H3. The maximum Gasteiger partial charge on any atom is 0.119 e. The Balaban J connectivity index is 1.67. The third kappa shape index (κ3) is 6.23. The molecule has 1 heterocycles. The van der Waals surface area contributed by atoms with Crippen LogP contribution in [-0.4, -0.2) is 44.3 Å². The van der Waals surface area contributed by atoms with Gasteiger partial charge in [-0.15, -0.1) is 0 Å². The van der Waals surface area contributed by atoms with Crippen LogP contribution in [0, 0.1) is 5.92 Å². The van der Waals surface area contributed by atoms with Crippen LogP contribution in [0.5, 0.6) is 11.5 Å². The van der Waals surface area contributed by atoms with Gasteiger partial charge >= 0.3 is 0 Å². The summed E-state index contributed by atoms with van der Waals surface area (Å²) >= 11 is 0. The molecule has 4 nitrogen and oxygen atoms in total. The summed E-state index contributed by atoms with van der Waals surface area (Å²) in [5, 5.41) is 3.68. The number of nitrogens with one attached hydrogen (secondary N) is 1. The van der Waals surface area contributed by atoms with Crippen molar-refractivity contribution in [2.75, 3.05) is 39.4 Å². The Hall–Kier alpha value is -2.04. The Bertz CT molecular complexity index is 786. The lowest BCUT2D eigenvalue weighted by Gasteiger charge is -2.28. The molecule has 0 bridgehead atoms. The van der Waals surface area contributed by atoms with E-state index in [1.165, 1.54) is 16.7 Å². The SMILES string of the molecule is CCN(CC)CCOc1ccc2c(c1)CCNC2c1cccc(OCCC(C)C)c1. The number of benzene rings is 2. The molecule has 0 spiro atoms. The maximum absolute atomic E-state index is 6.05. The van der Waals surface area contributed by atoms with Crippen molar-refractivity contribution in [1.29, 1.82) is 0 Å². The van der Waals surface area contributed by atoms with E-state index in [-0.39, 0.29) is 6.04 Å². The van der Waals surface area contributed by atoms with Crippen molar-refractivity contribution in [3.63, 3.8) is 0 Å². The predicted molar refractivity (Wildman–Crippen MR) is 125 cm³/mol. The second-order valence-corrected chi connectivity index (χ2v) is 8.48. The van der Waals surface area contributed by atoms with E-state index in [4.69, 9.17) is 9.47 Å². The molecule has 2 aromatic carbocycles. The lowest BCUT2D eigenvalue weighted by molar-refractivity contribution is 0.222. The molecule has 1 N–H and O–H groups in total. The van der Waals surface area contributed by atoms with Crippen LogP contribution >= 0.6 is 0 Å². The number of fused-ring (bicyclic) bond motifs is 1. The molecule has 4 heteroatoms. The largest absolute Gasteiger partial charge is 0.494 e. The fourth-order valence-electron chi connectivity index (χ4n) is 3.96. The van der Waals surface area contributed by atoms with Crippen molar-refractivity contribution in [3.8, 4) is 11.5 Å². The number of likely N-dealkylation sites (N-methyl/N-ethyl adjacent to an activating group) is 1. The summed E-state index contributed by atoms with van der Waals surface area (Å²) in [5.74, 6) is 2.59. The van der Waals surface area contributed by atoms with Crippen molar-refractivity contribution in [1.82, 2.24) is 10.2 Å². The van der Waals surface area contributed by atoms with Gasteiger partial charge in [0.15, 0.2) is 0 Å². The first-order valence-electron chi connectivity index (χ1n) is 11.5. The Morgan fingerprint density at radius 1 is 1.00 bits per heavy atom. The number of nitrogens with zero attached hydrogens (tertiary/aromatic N) is 1. The quantitative estimate of drug-likeness (QED) is 0.561. The van der Waals surface area contributed by atoms with Gasteiger partial charge < -0.3 is 19.7 Å². The zero-order chi connectivity index (χ0) is 21.3. The molecule has 0 radical (unpaired) electrons. The number of hydrogen-bond donors (Lipinski definition) is 1. The first-order valence-corrected chi connectivity index (χ1v) is 11.5. The molecular weight excluding hydrogens is 372 g/mol. The molecule has 164 valence electrons. The summed E-state index contributed by atoms with van der Waals surface area (Å²) in [6.07, 6.45) is 2.11. The molecule has 0 saturated heterocycles. The summed E-state index contributed by atoms with van der Waals surface area (Å²) in [6, 6.07) is 15.3. The van der Waals surface area contributed by atoms with Gasteiger partial charge in [-0.1, -0.05) is 45.9 Å². The average Bonchev–Trinajstić information content (AvgIpc) is 2.76. The van der Waals surface area contributed by atoms with Crippen LogP contribution < -0.4 is 14.8 Å². The van der Waals surface area contributed by atoms with Gasteiger partial charge in [0, 0.05) is 13.1 Å². The zero-order valence-electron chi connectivity index (χ0n) is 19.1. The van der Waals surface area contributed by atoms with E-state index in [9.17, 15) is 0 Å². The smallest absolute Gasteiger partial charge is 0.119 e. The van der Waals surface area contributed by atoms with Crippen LogP contribution in [0.4, 0.5) is 0 Å². The second kappa shape index (κ2) is 11.4. The fourth-order valence-corrected chi connectivity index (χ4v) is 3.96. The molecule has 3 rings (SSSR count). The van der Waals surface area contributed by atoms with Crippen molar-refractivity contribution in [2.24, 2.45) is 5.92 Å². The topological polar surface area (TPSA) is 33.7 Å². The van der Waals surface area contributed by atoms with Crippen LogP contribution in [0.1, 0.15) is 56.8 Å². The van der Waals surface area contributed by atoms with Crippen molar-refractivity contribution < 1.29 is 9.47 Å². The van der Waals surface area contributed by atoms with Gasteiger partial charge in [0.1, 0.15) is 18.1 Å². The van der Waals surface area contributed by atoms with Crippen LogP contribution in [0.3, 0.4) is 0 Å². The summed E-state index contributed by atoms with van der Waals surface area (Å²) < 4.78 is 12.0. The van der Waals surface area contributed by atoms with E-state index in [1.54, 1.807) is 0 Å². The summed E-state index contributed by atoms with van der Waals surface area (Å²) in [4.78, 5) is 2.38. The number of rotatable bonds is 11. The van der Waals surface area contributed by atoms with E-state index in [1.807, 2.05) is 0 Å². The third-order valence-corrected chi connectivity index (χ3v) is 5.89. The highest BCUT2D eigenvalue weighted by atomic mass is 16.5. The number of hydrogen-bond acceptors (Lipinski definition) is 4. The molecule has 1 atom stereocenters. The van der Waals surface area contributed by atoms with Crippen molar-refractivity contribution in [3.05, 3.63) is 59.2 Å². The van der Waals surface area contributed by atoms with Gasteiger partial charge in [-0.3, -0.25) is 0 Å². The highest BCUT2D eigenvalue weighted by molar-refractivity contribution is 5.45. The number of ether oxygens (including phenoxy) is 2. The van der Waals surface area contributed by atoms with Gasteiger partial charge in [-0.25, -0.2) is 0 Å². The van der Waals surface area contributed by atoms with Crippen LogP contribution in [0.15, 0.2) is 42.5 Å². The average molecular weight is 411 g/mol. The first-order chi connectivity index (χ1) is 14.6. The van der Waals surface area contributed by atoms with Gasteiger partial charge in [0.25, 0.3) is 0 Å². The molecule has 0 aliphatic carbocycles. The van der Waals surface area contributed by atoms with Gasteiger partial charge in [0.05, 0.1) is 12.6 Å². The minimum Gasteiger partial charge on any atom is -0.494 e. The summed E-state index contributed by atoms with van der Waals surface area (Å²) in [5.41, 5.74) is 3.98. The Labute approximate surface area is 182 Å². The molecule has 1 aliphatic rings. The maximum atomic E-state index is 6.05. The van der Waals surface area contributed by atoms with Crippen LogP contribution in [0.25, 0.3) is 0 Å². The van der Waals surface area contributed by atoms with Crippen molar-refractivity contribution >= 4 is 0 Å². The van der Waals surface area contributed by atoms with E-state index < -0.39 is 0 Å². The van der Waals surface area contributed by atoms with Crippen LogP contribution in [0.2, 0.25) is 0 Å². The predicted octanol–water partition coefficient (Wildman–Crippen LogP) is 5.07. The summed E-state index contributed by atoms with van der Waals surface area (Å²) in [7, 11) is 0. The van der Waals surface area contributed by atoms with Gasteiger partial charge in [0.2, 0.25) is 0 Å². The molecule has 0 fully saturated rings. The minimum absolute atomic E-state index is 0.201.